The standard InChI is InChI=1S/C16H21ClFNO/c1-3-16(2,19-8-4-5-9-19)15(20)11-12-6-7-13(17)14(18)10-12/h6-7,10H,3-5,8-9,11H2,1-2H3. The number of carbonyl (C=O) groups is 1. The number of ketones is 1. The van der Waals surface area contributed by atoms with Crippen LogP contribution in [-0.4, -0.2) is 29.3 Å². The van der Waals surface area contributed by atoms with Crippen LogP contribution in [-0.2, 0) is 11.2 Å². The molecule has 1 aromatic rings. The van der Waals surface area contributed by atoms with Crippen molar-refractivity contribution in [2.24, 2.45) is 0 Å². The summed E-state index contributed by atoms with van der Waals surface area (Å²) >= 11 is 5.67. The third-order valence-electron chi connectivity index (χ3n) is 4.44. The van der Waals surface area contributed by atoms with Crippen LogP contribution in [0.4, 0.5) is 4.39 Å². The maximum atomic E-state index is 13.5. The Morgan fingerprint density at radius 2 is 2.05 bits per heavy atom. The van der Waals surface area contributed by atoms with Gasteiger partial charge in [-0.3, -0.25) is 9.69 Å². The van der Waals surface area contributed by atoms with Crippen LogP contribution < -0.4 is 0 Å². The highest BCUT2D eigenvalue weighted by atomic mass is 35.5. The second kappa shape index (κ2) is 6.23. The van der Waals surface area contributed by atoms with Gasteiger partial charge in [0.1, 0.15) is 5.82 Å². The minimum atomic E-state index is -0.462. The zero-order chi connectivity index (χ0) is 14.8. The summed E-state index contributed by atoms with van der Waals surface area (Å²) in [6.45, 7) is 6.00. The molecule has 20 heavy (non-hydrogen) atoms. The Morgan fingerprint density at radius 3 is 2.60 bits per heavy atom. The molecule has 4 heteroatoms. The highest BCUT2D eigenvalue weighted by Crippen LogP contribution is 2.27. The molecule has 0 aliphatic carbocycles. The molecule has 0 saturated carbocycles. The fraction of sp³-hybridized carbons (Fsp3) is 0.562. The van der Waals surface area contributed by atoms with E-state index in [1.54, 1.807) is 6.07 Å². The summed E-state index contributed by atoms with van der Waals surface area (Å²) in [5.74, 6) is -0.306. The first-order valence-electron chi connectivity index (χ1n) is 7.19. The third kappa shape index (κ3) is 3.04. The van der Waals surface area contributed by atoms with Crippen molar-refractivity contribution in [3.05, 3.63) is 34.6 Å². The molecule has 0 amide bonds. The van der Waals surface area contributed by atoms with Gasteiger partial charge in [-0.05, 0) is 57.0 Å². The quantitative estimate of drug-likeness (QED) is 0.822. The van der Waals surface area contributed by atoms with E-state index in [1.807, 2.05) is 13.8 Å². The Morgan fingerprint density at radius 1 is 1.40 bits per heavy atom. The van der Waals surface area contributed by atoms with Crippen LogP contribution in [0.2, 0.25) is 5.02 Å². The van der Waals surface area contributed by atoms with Crippen molar-refractivity contribution in [2.45, 2.75) is 45.1 Å². The Hall–Kier alpha value is -0.930. The van der Waals surface area contributed by atoms with Crippen molar-refractivity contribution in [2.75, 3.05) is 13.1 Å². The highest BCUT2D eigenvalue weighted by Gasteiger charge is 2.38. The van der Waals surface area contributed by atoms with Gasteiger partial charge in [-0.15, -0.1) is 0 Å². The normalized spacial score (nSPS) is 19.0. The minimum absolute atomic E-state index is 0.0963. The van der Waals surface area contributed by atoms with Crippen molar-refractivity contribution >= 4 is 17.4 Å². The molecule has 1 aliphatic heterocycles. The molecule has 1 saturated heterocycles. The number of benzene rings is 1. The van der Waals surface area contributed by atoms with E-state index in [0.717, 1.165) is 32.4 Å². The summed E-state index contributed by atoms with van der Waals surface area (Å²) in [7, 11) is 0. The van der Waals surface area contributed by atoms with E-state index in [4.69, 9.17) is 11.6 Å². The number of hydrogen-bond donors (Lipinski definition) is 0. The lowest BCUT2D eigenvalue weighted by Crippen LogP contribution is -2.51. The SMILES string of the molecule is CCC(C)(C(=O)Cc1ccc(Cl)c(F)c1)N1CCCC1. The van der Waals surface area contributed by atoms with Gasteiger partial charge in [-0.25, -0.2) is 4.39 Å². The summed E-state index contributed by atoms with van der Waals surface area (Å²) < 4.78 is 13.5. The lowest BCUT2D eigenvalue weighted by molar-refractivity contribution is -0.129. The zero-order valence-corrected chi connectivity index (χ0v) is 12.8. The van der Waals surface area contributed by atoms with Crippen LogP contribution in [0.5, 0.6) is 0 Å². The maximum absolute atomic E-state index is 13.5. The predicted octanol–water partition coefficient (Wildman–Crippen LogP) is 3.86. The van der Waals surface area contributed by atoms with Gasteiger partial charge in [0.15, 0.2) is 5.78 Å². The van der Waals surface area contributed by atoms with E-state index in [-0.39, 0.29) is 17.2 Å². The molecule has 1 unspecified atom stereocenters. The fourth-order valence-electron chi connectivity index (χ4n) is 2.83. The number of rotatable bonds is 5. The van der Waals surface area contributed by atoms with Crippen LogP contribution in [0.1, 0.15) is 38.7 Å². The predicted molar refractivity (Wildman–Crippen MR) is 79.6 cm³/mol. The molecule has 1 atom stereocenters. The van der Waals surface area contributed by atoms with Gasteiger partial charge in [0.25, 0.3) is 0 Å². The number of likely N-dealkylation sites (tertiary alicyclic amines) is 1. The van der Waals surface area contributed by atoms with E-state index < -0.39 is 11.4 Å². The van der Waals surface area contributed by atoms with E-state index in [1.165, 1.54) is 12.1 Å². The first-order valence-corrected chi connectivity index (χ1v) is 7.57. The number of halogens is 2. The molecular formula is C16H21ClFNO. The topological polar surface area (TPSA) is 20.3 Å². The summed E-state index contributed by atoms with van der Waals surface area (Å²) in [4.78, 5) is 14.9. The van der Waals surface area contributed by atoms with Crippen LogP contribution >= 0.6 is 11.6 Å². The first-order chi connectivity index (χ1) is 9.47. The molecule has 0 aromatic heterocycles. The van der Waals surface area contributed by atoms with Crippen LogP contribution in [0.25, 0.3) is 0 Å². The average molecular weight is 298 g/mol. The van der Waals surface area contributed by atoms with Gasteiger partial charge < -0.3 is 0 Å². The number of carbonyl (C=O) groups excluding carboxylic acids is 1. The first kappa shape index (κ1) is 15.5. The van der Waals surface area contributed by atoms with Gasteiger partial charge >= 0.3 is 0 Å². The van der Waals surface area contributed by atoms with Crippen molar-refractivity contribution in [3.8, 4) is 0 Å². The van der Waals surface area contributed by atoms with Gasteiger partial charge in [0.05, 0.1) is 10.6 Å². The summed E-state index contributed by atoms with van der Waals surface area (Å²) in [5, 5.41) is 0.0963. The molecule has 0 spiro atoms. The Balaban J connectivity index is 2.14. The molecule has 2 nitrogen and oxygen atoms in total. The second-order valence-electron chi connectivity index (χ2n) is 5.67. The molecule has 1 fully saturated rings. The van der Waals surface area contributed by atoms with Crippen molar-refractivity contribution in [1.82, 2.24) is 4.90 Å². The van der Waals surface area contributed by atoms with Crippen molar-refractivity contribution in [3.63, 3.8) is 0 Å². The highest BCUT2D eigenvalue weighted by molar-refractivity contribution is 6.30. The Labute approximate surface area is 124 Å². The number of Topliss-reactive ketones (excluding diaryl/α,β-unsaturated/α-hetero) is 1. The molecule has 0 radical (unpaired) electrons. The summed E-state index contributed by atoms with van der Waals surface area (Å²) in [5.41, 5.74) is 0.253. The molecule has 0 N–H and O–H groups in total. The van der Waals surface area contributed by atoms with Crippen LogP contribution in [0.3, 0.4) is 0 Å². The Bertz CT molecular complexity index is 499. The van der Waals surface area contributed by atoms with Crippen molar-refractivity contribution < 1.29 is 9.18 Å². The smallest absolute Gasteiger partial charge is 0.157 e. The zero-order valence-electron chi connectivity index (χ0n) is 12.1. The lowest BCUT2D eigenvalue weighted by atomic mass is 9.87. The fourth-order valence-corrected chi connectivity index (χ4v) is 2.95. The van der Waals surface area contributed by atoms with Gasteiger partial charge in [0.2, 0.25) is 0 Å². The monoisotopic (exact) mass is 297 g/mol. The van der Waals surface area contributed by atoms with E-state index >= 15 is 0 Å². The van der Waals surface area contributed by atoms with E-state index in [9.17, 15) is 9.18 Å². The van der Waals surface area contributed by atoms with Crippen LogP contribution in [0, 0.1) is 5.82 Å². The van der Waals surface area contributed by atoms with Gasteiger partial charge in [-0.1, -0.05) is 24.6 Å². The molecule has 1 aromatic carbocycles. The molecular weight excluding hydrogens is 277 g/mol. The molecule has 2 rings (SSSR count). The number of nitrogens with zero attached hydrogens (tertiary/aromatic N) is 1. The lowest BCUT2D eigenvalue weighted by Gasteiger charge is -2.36. The molecule has 0 bridgehead atoms. The van der Waals surface area contributed by atoms with Gasteiger partial charge in [-0.2, -0.15) is 0 Å². The summed E-state index contributed by atoms with van der Waals surface area (Å²) in [6, 6.07) is 4.60. The molecule has 1 aliphatic rings. The third-order valence-corrected chi connectivity index (χ3v) is 4.75. The molecule has 110 valence electrons. The average Bonchev–Trinajstić information content (AvgIpc) is 2.96. The van der Waals surface area contributed by atoms with Crippen LogP contribution in [0.15, 0.2) is 18.2 Å². The maximum Gasteiger partial charge on any atom is 0.157 e. The van der Waals surface area contributed by atoms with Crippen molar-refractivity contribution in [1.29, 1.82) is 0 Å². The second-order valence-corrected chi connectivity index (χ2v) is 6.08. The summed E-state index contributed by atoms with van der Waals surface area (Å²) in [6.07, 6.45) is 3.34. The molecule has 1 heterocycles. The van der Waals surface area contributed by atoms with E-state index in [0.29, 0.717) is 5.56 Å². The Kier molecular flexibility index (Phi) is 4.82. The number of hydrogen-bond acceptors (Lipinski definition) is 2. The largest absolute Gasteiger partial charge is 0.297 e. The van der Waals surface area contributed by atoms with Gasteiger partial charge in [0, 0.05) is 6.42 Å². The minimum Gasteiger partial charge on any atom is -0.297 e. The van der Waals surface area contributed by atoms with E-state index in [2.05, 4.69) is 4.90 Å².